The summed E-state index contributed by atoms with van der Waals surface area (Å²) in [6.45, 7) is 6.35. The molecule has 1 heterocycles. The van der Waals surface area contributed by atoms with Crippen LogP contribution in [0.15, 0.2) is 12.1 Å². The summed E-state index contributed by atoms with van der Waals surface area (Å²) in [6.07, 6.45) is -0.484. The van der Waals surface area contributed by atoms with Crippen LogP contribution in [0.5, 0.6) is 0 Å². The molecular weight excluding hydrogens is 297 g/mol. The van der Waals surface area contributed by atoms with Crippen LogP contribution in [-0.4, -0.2) is 36.2 Å². The van der Waals surface area contributed by atoms with Crippen LogP contribution in [0.3, 0.4) is 0 Å². The van der Waals surface area contributed by atoms with Crippen molar-refractivity contribution in [2.45, 2.75) is 32.4 Å². The molecule has 1 amide bonds. The maximum atomic E-state index is 13.3. The minimum atomic E-state index is -1.50. The first kappa shape index (κ1) is 16.6. The lowest BCUT2D eigenvalue weighted by atomic mass is 10.0. The van der Waals surface area contributed by atoms with Crippen LogP contribution in [-0.2, 0) is 4.74 Å². The number of amides is 1. The smallest absolute Gasteiger partial charge is 0.410 e. The fourth-order valence-electron chi connectivity index (χ4n) is 2.24. The fourth-order valence-corrected chi connectivity index (χ4v) is 2.24. The maximum Gasteiger partial charge on any atom is 0.410 e. The normalized spacial score (nSPS) is 19.2. The lowest BCUT2D eigenvalue weighted by molar-refractivity contribution is 0.0195. The fraction of sp³-hybridized carbons (Fsp3) is 0.533. The van der Waals surface area contributed by atoms with Gasteiger partial charge in [-0.15, -0.1) is 0 Å². The maximum absolute atomic E-state index is 13.3. The Kier molecular flexibility index (Phi) is 4.65. The summed E-state index contributed by atoms with van der Waals surface area (Å²) in [5.74, 6) is -3.99. The van der Waals surface area contributed by atoms with Crippen LogP contribution in [0.2, 0.25) is 0 Å². The molecule has 1 aromatic carbocycles. The summed E-state index contributed by atoms with van der Waals surface area (Å²) in [7, 11) is 0. The summed E-state index contributed by atoms with van der Waals surface area (Å²) < 4.78 is 44.9. The van der Waals surface area contributed by atoms with E-state index in [1.54, 1.807) is 20.8 Å². The SMILES string of the molecule is CC(C)(C)OC(=O)N1CCNC(c2cc(F)c(F)c(F)c2)C1. The Morgan fingerprint density at radius 2 is 1.86 bits per heavy atom. The Morgan fingerprint density at radius 3 is 2.41 bits per heavy atom. The van der Waals surface area contributed by atoms with Crippen LogP contribution >= 0.6 is 0 Å². The van der Waals surface area contributed by atoms with Crippen molar-refractivity contribution in [2.75, 3.05) is 19.6 Å². The first-order valence-corrected chi connectivity index (χ1v) is 7.03. The van der Waals surface area contributed by atoms with Crippen LogP contribution in [0.4, 0.5) is 18.0 Å². The average Bonchev–Trinajstić information content (AvgIpc) is 2.42. The van der Waals surface area contributed by atoms with Gasteiger partial charge >= 0.3 is 6.09 Å². The second kappa shape index (κ2) is 6.16. The van der Waals surface area contributed by atoms with Crippen molar-refractivity contribution in [1.29, 1.82) is 0 Å². The van der Waals surface area contributed by atoms with E-state index in [2.05, 4.69) is 5.32 Å². The molecule has 22 heavy (non-hydrogen) atoms. The second-order valence-corrected chi connectivity index (χ2v) is 6.23. The number of piperazine rings is 1. The van der Waals surface area contributed by atoms with Gasteiger partial charge in [-0.05, 0) is 38.5 Å². The third-order valence-corrected chi connectivity index (χ3v) is 3.24. The molecule has 4 nitrogen and oxygen atoms in total. The molecule has 0 aromatic heterocycles. The van der Waals surface area contributed by atoms with Gasteiger partial charge in [0.2, 0.25) is 0 Å². The average molecular weight is 316 g/mol. The summed E-state index contributed by atoms with van der Waals surface area (Å²) in [6, 6.07) is 1.40. The summed E-state index contributed by atoms with van der Waals surface area (Å²) in [5, 5.41) is 3.05. The van der Waals surface area contributed by atoms with Crippen LogP contribution in [0.1, 0.15) is 32.4 Å². The Morgan fingerprint density at radius 1 is 1.27 bits per heavy atom. The van der Waals surface area contributed by atoms with Gasteiger partial charge in [-0.3, -0.25) is 0 Å². The number of benzene rings is 1. The van der Waals surface area contributed by atoms with E-state index < -0.39 is 35.2 Å². The zero-order valence-electron chi connectivity index (χ0n) is 12.8. The van der Waals surface area contributed by atoms with Gasteiger partial charge in [0.15, 0.2) is 17.5 Å². The molecule has 1 aliphatic rings. The highest BCUT2D eigenvalue weighted by Gasteiger charge is 2.29. The van der Waals surface area contributed by atoms with E-state index in [0.717, 1.165) is 12.1 Å². The molecule has 1 fully saturated rings. The van der Waals surface area contributed by atoms with Crippen molar-refractivity contribution in [3.63, 3.8) is 0 Å². The summed E-state index contributed by atoms with van der Waals surface area (Å²) >= 11 is 0. The summed E-state index contributed by atoms with van der Waals surface area (Å²) in [5.41, 5.74) is -0.365. The molecule has 1 N–H and O–H groups in total. The number of carbonyl (C=O) groups is 1. The molecular formula is C15H19F3N2O2. The van der Waals surface area contributed by atoms with Gasteiger partial charge in [0.1, 0.15) is 5.60 Å². The molecule has 0 saturated carbocycles. The van der Waals surface area contributed by atoms with Gasteiger partial charge in [0.25, 0.3) is 0 Å². The number of rotatable bonds is 1. The topological polar surface area (TPSA) is 41.6 Å². The quantitative estimate of drug-likeness (QED) is 0.810. The largest absolute Gasteiger partial charge is 0.444 e. The molecule has 122 valence electrons. The molecule has 0 radical (unpaired) electrons. The minimum Gasteiger partial charge on any atom is -0.444 e. The third-order valence-electron chi connectivity index (χ3n) is 3.24. The third kappa shape index (κ3) is 3.91. The number of ether oxygens (including phenoxy) is 1. The molecule has 7 heteroatoms. The lowest BCUT2D eigenvalue weighted by Gasteiger charge is -2.35. The first-order chi connectivity index (χ1) is 10.2. The van der Waals surface area contributed by atoms with Gasteiger partial charge in [0, 0.05) is 19.6 Å². The highest BCUT2D eigenvalue weighted by molar-refractivity contribution is 5.68. The second-order valence-electron chi connectivity index (χ2n) is 6.23. The molecule has 0 spiro atoms. The zero-order valence-corrected chi connectivity index (χ0v) is 12.8. The number of hydrogen-bond acceptors (Lipinski definition) is 3. The molecule has 2 rings (SSSR count). The Bertz CT molecular complexity index is 549. The Balaban J connectivity index is 2.12. The highest BCUT2D eigenvalue weighted by Crippen LogP contribution is 2.23. The Hall–Kier alpha value is -1.76. The number of nitrogens with zero attached hydrogens (tertiary/aromatic N) is 1. The van der Waals surface area contributed by atoms with Crippen molar-refractivity contribution in [2.24, 2.45) is 0 Å². The first-order valence-electron chi connectivity index (χ1n) is 7.03. The molecule has 1 unspecified atom stereocenters. The number of carbonyl (C=O) groups excluding carboxylic acids is 1. The lowest BCUT2D eigenvalue weighted by Crippen LogP contribution is -2.49. The monoisotopic (exact) mass is 316 g/mol. The number of halogens is 3. The number of nitrogens with one attached hydrogen (secondary N) is 1. The van der Waals surface area contributed by atoms with Crippen molar-refractivity contribution >= 4 is 6.09 Å². The predicted molar refractivity (Wildman–Crippen MR) is 74.9 cm³/mol. The van der Waals surface area contributed by atoms with Crippen LogP contribution < -0.4 is 5.32 Å². The van der Waals surface area contributed by atoms with Gasteiger partial charge in [-0.25, -0.2) is 18.0 Å². The van der Waals surface area contributed by atoms with E-state index in [0.29, 0.717) is 13.1 Å². The standard InChI is InChI=1S/C15H19F3N2O2/c1-15(2,3)22-14(21)20-5-4-19-12(8-20)9-6-10(16)13(18)11(17)7-9/h6-7,12,19H,4-5,8H2,1-3H3. The predicted octanol–water partition coefficient (Wildman–Crippen LogP) is 2.99. The molecule has 0 bridgehead atoms. The molecule has 0 aliphatic carbocycles. The van der Waals surface area contributed by atoms with E-state index >= 15 is 0 Å². The summed E-state index contributed by atoms with van der Waals surface area (Å²) in [4.78, 5) is 13.5. The molecule has 1 saturated heterocycles. The van der Waals surface area contributed by atoms with Gasteiger partial charge < -0.3 is 15.0 Å². The van der Waals surface area contributed by atoms with Crippen molar-refractivity contribution in [3.05, 3.63) is 35.1 Å². The molecule has 1 aliphatic heterocycles. The molecule has 1 atom stereocenters. The van der Waals surface area contributed by atoms with Crippen molar-refractivity contribution in [1.82, 2.24) is 10.2 Å². The van der Waals surface area contributed by atoms with Gasteiger partial charge in [-0.1, -0.05) is 0 Å². The van der Waals surface area contributed by atoms with Gasteiger partial charge in [-0.2, -0.15) is 0 Å². The van der Waals surface area contributed by atoms with E-state index in [4.69, 9.17) is 4.74 Å². The van der Waals surface area contributed by atoms with E-state index in [1.165, 1.54) is 4.90 Å². The highest BCUT2D eigenvalue weighted by atomic mass is 19.2. The number of hydrogen-bond donors (Lipinski definition) is 1. The molecule has 1 aromatic rings. The Labute approximate surface area is 127 Å². The van der Waals surface area contributed by atoms with Crippen LogP contribution in [0.25, 0.3) is 0 Å². The van der Waals surface area contributed by atoms with E-state index in [1.807, 2.05) is 0 Å². The van der Waals surface area contributed by atoms with Gasteiger partial charge in [0.05, 0.1) is 6.04 Å². The van der Waals surface area contributed by atoms with E-state index in [9.17, 15) is 18.0 Å². The van der Waals surface area contributed by atoms with Crippen molar-refractivity contribution < 1.29 is 22.7 Å². The van der Waals surface area contributed by atoms with Crippen molar-refractivity contribution in [3.8, 4) is 0 Å². The van der Waals surface area contributed by atoms with Crippen LogP contribution in [0, 0.1) is 17.5 Å². The minimum absolute atomic E-state index is 0.194. The zero-order chi connectivity index (χ0) is 16.5. The van der Waals surface area contributed by atoms with E-state index in [-0.39, 0.29) is 12.1 Å².